The number of aryl methyl sites for hydroxylation is 1. The number of fused-ring (bicyclic) bond motifs is 3. The van der Waals surface area contributed by atoms with Crippen LogP contribution in [0.4, 0.5) is 0 Å². The Morgan fingerprint density at radius 3 is 3.00 bits per heavy atom. The number of aromatic nitrogens is 4. The monoisotopic (exact) mass is 353 g/mol. The molecule has 0 radical (unpaired) electrons. The van der Waals surface area contributed by atoms with Gasteiger partial charge in [0.2, 0.25) is 0 Å². The summed E-state index contributed by atoms with van der Waals surface area (Å²) in [5.41, 5.74) is 0.988. The van der Waals surface area contributed by atoms with Crippen LogP contribution in [0.1, 0.15) is 18.8 Å². The smallest absolute Gasteiger partial charge is 0.387 e. The average Bonchev–Trinajstić information content (AvgIpc) is 3.15. The molecular weight excluding hydrogens is 335 g/mol. The summed E-state index contributed by atoms with van der Waals surface area (Å²) in [6.07, 6.45) is 0.624. The van der Waals surface area contributed by atoms with Crippen LogP contribution in [0.3, 0.4) is 0 Å². The van der Waals surface area contributed by atoms with Crippen molar-refractivity contribution in [3.05, 3.63) is 18.3 Å². The van der Waals surface area contributed by atoms with E-state index in [0.717, 1.165) is 5.69 Å². The Balaban J connectivity index is 1.71. The van der Waals surface area contributed by atoms with Gasteiger partial charge in [-0.05, 0) is 18.4 Å². The van der Waals surface area contributed by atoms with Crippen molar-refractivity contribution in [2.45, 2.75) is 44.0 Å². The van der Waals surface area contributed by atoms with E-state index in [2.05, 4.69) is 15.0 Å². The van der Waals surface area contributed by atoms with Crippen molar-refractivity contribution < 1.29 is 23.7 Å². The second kappa shape index (κ2) is 5.50. The number of aliphatic hydroxyl groups is 1. The van der Waals surface area contributed by atoms with Crippen LogP contribution in [0.25, 0.3) is 11.2 Å². The molecule has 2 aromatic heterocycles. The maximum absolute atomic E-state index is 11.3. The molecule has 4 rings (SSSR count). The molecule has 0 aromatic carbocycles. The molecule has 2 aliphatic heterocycles. The molecule has 2 bridgehead atoms. The zero-order valence-corrected chi connectivity index (χ0v) is 14.4. The van der Waals surface area contributed by atoms with Crippen LogP contribution in [0.15, 0.2) is 12.7 Å². The average molecular weight is 353 g/mol. The van der Waals surface area contributed by atoms with Gasteiger partial charge in [-0.15, -0.1) is 4.52 Å². The number of hydrogen-bond donors (Lipinski definition) is 1. The van der Waals surface area contributed by atoms with Gasteiger partial charge in [0.15, 0.2) is 24.1 Å². The summed E-state index contributed by atoms with van der Waals surface area (Å²) in [6.45, 7) is 5.12. The number of ether oxygens (including phenoxy) is 2. The molecule has 24 heavy (non-hydrogen) atoms. The molecule has 2 unspecified atom stereocenters. The van der Waals surface area contributed by atoms with Crippen molar-refractivity contribution in [1.29, 1.82) is 0 Å². The molecule has 6 atom stereocenters. The SMILES string of the molecule is Cc1ncnc2c1ncn2[C@@H]1O[C@@]2(CO[P+](C)=O)C(C)O[C@@H]1[C@@H]2O. The second-order valence-electron chi connectivity index (χ2n) is 6.15. The highest BCUT2D eigenvalue weighted by molar-refractivity contribution is 7.38. The van der Waals surface area contributed by atoms with Crippen molar-refractivity contribution in [3.8, 4) is 0 Å². The fourth-order valence-corrected chi connectivity index (χ4v) is 3.81. The lowest BCUT2D eigenvalue weighted by molar-refractivity contribution is -0.213. The highest BCUT2D eigenvalue weighted by atomic mass is 31.1. The van der Waals surface area contributed by atoms with Crippen LogP contribution in [-0.4, -0.2) is 61.8 Å². The van der Waals surface area contributed by atoms with E-state index in [1.54, 1.807) is 10.9 Å². The second-order valence-corrected chi connectivity index (χ2v) is 7.28. The first-order chi connectivity index (χ1) is 11.4. The maximum atomic E-state index is 11.3. The van der Waals surface area contributed by atoms with Gasteiger partial charge in [0.25, 0.3) is 0 Å². The summed E-state index contributed by atoms with van der Waals surface area (Å²) < 4.78 is 30.3. The summed E-state index contributed by atoms with van der Waals surface area (Å²) >= 11 is 0. The zero-order chi connectivity index (χ0) is 17.1. The van der Waals surface area contributed by atoms with Crippen LogP contribution >= 0.6 is 8.03 Å². The predicted molar refractivity (Wildman–Crippen MR) is 82.7 cm³/mol. The Labute approximate surface area is 138 Å². The van der Waals surface area contributed by atoms with Crippen molar-refractivity contribution in [2.75, 3.05) is 13.3 Å². The Hall–Kier alpha value is -1.51. The van der Waals surface area contributed by atoms with E-state index in [1.807, 2.05) is 13.8 Å². The topological polar surface area (TPSA) is 109 Å². The quantitative estimate of drug-likeness (QED) is 0.809. The lowest BCUT2D eigenvalue weighted by Gasteiger charge is -2.34. The number of imidazole rings is 1. The molecule has 9 nitrogen and oxygen atoms in total. The van der Waals surface area contributed by atoms with Crippen LogP contribution in [0, 0.1) is 6.92 Å². The third-order valence-corrected chi connectivity index (χ3v) is 5.26. The van der Waals surface area contributed by atoms with Crippen LogP contribution < -0.4 is 0 Å². The van der Waals surface area contributed by atoms with E-state index in [4.69, 9.17) is 14.0 Å². The van der Waals surface area contributed by atoms with E-state index in [9.17, 15) is 9.67 Å². The Morgan fingerprint density at radius 2 is 2.25 bits per heavy atom. The first kappa shape index (κ1) is 16.0. The minimum absolute atomic E-state index is 0.00528. The maximum Gasteiger partial charge on any atom is 0.504 e. The lowest BCUT2D eigenvalue weighted by atomic mass is 9.94. The lowest BCUT2D eigenvalue weighted by Crippen LogP contribution is -2.49. The molecule has 10 heteroatoms. The fourth-order valence-electron chi connectivity index (χ4n) is 3.42. The predicted octanol–water partition coefficient (Wildman–Crippen LogP) is 0.939. The molecule has 0 amide bonds. The number of aliphatic hydroxyl groups excluding tert-OH is 1. The molecule has 2 fully saturated rings. The number of rotatable bonds is 4. The summed E-state index contributed by atoms with van der Waals surface area (Å²) in [4.78, 5) is 12.7. The Morgan fingerprint density at radius 1 is 1.46 bits per heavy atom. The van der Waals surface area contributed by atoms with E-state index in [1.165, 1.54) is 13.0 Å². The van der Waals surface area contributed by atoms with Gasteiger partial charge in [0.1, 0.15) is 30.7 Å². The Bertz CT molecular complexity index is 814. The van der Waals surface area contributed by atoms with E-state index >= 15 is 0 Å². The van der Waals surface area contributed by atoms with Gasteiger partial charge < -0.3 is 14.6 Å². The van der Waals surface area contributed by atoms with Crippen LogP contribution in [-0.2, 0) is 18.6 Å². The third kappa shape index (κ3) is 2.13. The number of nitrogens with zero attached hydrogens (tertiary/aromatic N) is 4. The van der Waals surface area contributed by atoms with E-state index < -0.39 is 32.1 Å². The fraction of sp³-hybridized carbons (Fsp3) is 0.643. The van der Waals surface area contributed by atoms with Crippen molar-refractivity contribution in [2.24, 2.45) is 0 Å². The normalized spacial score (nSPS) is 35.8. The summed E-state index contributed by atoms with van der Waals surface area (Å²) in [6, 6.07) is 0. The first-order valence-electron chi connectivity index (χ1n) is 7.63. The van der Waals surface area contributed by atoms with Crippen molar-refractivity contribution in [1.82, 2.24) is 19.5 Å². The summed E-state index contributed by atoms with van der Waals surface area (Å²) in [7, 11) is -1.80. The molecule has 0 aliphatic carbocycles. The zero-order valence-electron chi connectivity index (χ0n) is 13.5. The van der Waals surface area contributed by atoms with Gasteiger partial charge in [-0.2, -0.15) is 0 Å². The highest BCUT2D eigenvalue weighted by Gasteiger charge is 2.66. The molecule has 4 heterocycles. The van der Waals surface area contributed by atoms with Gasteiger partial charge in [0, 0.05) is 0 Å². The van der Waals surface area contributed by atoms with Gasteiger partial charge in [-0.25, -0.2) is 15.0 Å². The first-order valence-corrected chi connectivity index (χ1v) is 9.26. The van der Waals surface area contributed by atoms with Crippen molar-refractivity contribution >= 4 is 19.2 Å². The van der Waals surface area contributed by atoms with E-state index in [-0.39, 0.29) is 12.7 Å². The summed E-state index contributed by atoms with van der Waals surface area (Å²) in [5, 5.41) is 10.7. The third-order valence-electron chi connectivity index (χ3n) is 4.77. The molecule has 128 valence electrons. The van der Waals surface area contributed by atoms with E-state index in [0.29, 0.717) is 11.2 Å². The number of hydrogen-bond acceptors (Lipinski definition) is 8. The minimum atomic E-state index is -1.80. The minimum Gasteiger partial charge on any atom is -0.387 e. The standard InChI is InChI=1S/C14H18N4O5P/c1-7-9-12(16-5-15-7)18(6-17-9)13-10-11(19)14(23-13,8(2)22-10)4-21-24(3)20/h5-6,8,10-11,13,19H,4H2,1-3H3/q+1/t8?,10-,11+,13-,14+/m1/s1. The van der Waals surface area contributed by atoms with Crippen LogP contribution in [0.2, 0.25) is 0 Å². The molecule has 1 N–H and O–H groups in total. The molecule has 2 aliphatic rings. The molecular formula is C14H18N4O5P+. The van der Waals surface area contributed by atoms with Crippen molar-refractivity contribution in [3.63, 3.8) is 0 Å². The highest BCUT2D eigenvalue weighted by Crippen LogP contribution is 2.50. The molecule has 2 saturated heterocycles. The summed E-state index contributed by atoms with van der Waals surface area (Å²) in [5.74, 6) is 0. The Kier molecular flexibility index (Phi) is 3.67. The molecule has 2 aromatic rings. The largest absolute Gasteiger partial charge is 0.504 e. The molecule has 0 saturated carbocycles. The van der Waals surface area contributed by atoms with Gasteiger partial charge >= 0.3 is 8.03 Å². The van der Waals surface area contributed by atoms with Gasteiger partial charge in [0.05, 0.1) is 18.1 Å². The van der Waals surface area contributed by atoms with Gasteiger partial charge in [-0.3, -0.25) is 4.57 Å². The molecule has 0 spiro atoms. The van der Waals surface area contributed by atoms with Gasteiger partial charge in [-0.1, -0.05) is 0 Å². The van der Waals surface area contributed by atoms with Crippen LogP contribution in [0.5, 0.6) is 0 Å².